The highest BCUT2D eigenvalue weighted by molar-refractivity contribution is 6.32. The minimum Gasteiger partial charge on any atom is -0.492 e. The molecule has 0 fully saturated rings. The second kappa shape index (κ2) is 12.1. The lowest BCUT2D eigenvalue weighted by molar-refractivity contribution is 0.0734. The molecule has 0 N–H and O–H groups in total. The summed E-state index contributed by atoms with van der Waals surface area (Å²) in [6.07, 6.45) is 7.50. The maximum atomic E-state index is 12.5. The molecule has 0 atom stereocenters. The first kappa shape index (κ1) is 22.8. The van der Waals surface area contributed by atoms with Gasteiger partial charge in [-0.15, -0.1) is 0 Å². The minimum absolute atomic E-state index is 0.283. The van der Waals surface area contributed by atoms with Crippen LogP contribution in [0.3, 0.4) is 0 Å². The van der Waals surface area contributed by atoms with Crippen molar-refractivity contribution in [2.24, 2.45) is 0 Å². The van der Waals surface area contributed by atoms with E-state index in [4.69, 9.17) is 21.1 Å². The molecule has 0 unspecified atom stereocenters. The average Bonchev–Trinajstić information content (AvgIpc) is 2.73. The summed E-state index contributed by atoms with van der Waals surface area (Å²) in [7, 11) is 0. The first-order chi connectivity index (χ1) is 14.1. The molecule has 2 rings (SSSR count). The molecule has 0 aliphatic heterocycles. The molecule has 0 bridgehead atoms. The first-order valence-electron chi connectivity index (χ1n) is 10.3. The number of benzene rings is 2. The highest BCUT2D eigenvalue weighted by Gasteiger charge is 2.14. The summed E-state index contributed by atoms with van der Waals surface area (Å²) in [6.45, 7) is 4.83. The maximum absolute atomic E-state index is 12.5. The number of ether oxygens (including phenoxy) is 2. The van der Waals surface area contributed by atoms with Crippen molar-refractivity contribution in [2.45, 2.75) is 58.8 Å². The molecule has 0 aliphatic carbocycles. The van der Waals surface area contributed by atoms with Crippen LogP contribution in [0.2, 0.25) is 5.02 Å². The van der Waals surface area contributed by atoms with E-state index in [0.717, 1.165) is 44.1 Å². The van der Waals surface area contributed by atoms with Crippen LogP contribution in [0.25, 0.3) is 0 Å². The zero-order valence-corrected chi connectivity index (χ0v) is 17.9. The molecule has 154 valence electrons. The Labute approximate surface area is 178 Å². The minimum atomic E-state index is -0.556. The Morgan fingerprint density at radius 1 is 1.00 bits per heavy atom. The number of hydrogen-bond acceptors (Lipinski definition) is 4. The predicted octanol–water partition coefficient (Wildman–Crippen LogP) is 6.73. The molecule has 0 amide bonds. The van der Waals surface area contributed by atoms with Gasteiger partial charge in [-0.1, -0.05) is 57.2 Å². The number of carbonyl (C=O) groups is 1. The van der Waals surface area contributed by atoms with Crippen molar-refractivity contribution < 1.29 is 14.3 Å². The summed E-state index contributed by atoms with van der Waals surface area (Å²) in [4.78, 5) is 12.5. The van der Waals surface area contributed by atoms with Crippen molar-refractivity contribution in [3.63, 3.8) is 0 Å². The Bertz CT molecular complexity index is 858. The summed E-state index contributed by atoms with van der Waals surface area (Å²) in [5.74, 6) is 0.239. The number of esters is 1. The fourth-order valence-corrected chi connectivity index (χ4v) is 3.17. The molecule has 0 saturated carbocycles. The normalized spacial score (nSPS) is 10.4. The standard InChI is InChI=1S/C24H28ClNO3/c1-3-5-7-9-18-10-12-23(21(25)15-18)29-24(27)19-11-13-22(20(16-19)17-26)28-14-8-6-4-2/h10-13,15-16H,3-9,14H2,1-2H3. The second-order valence-electron chi connectivity index (χ2n) is 6.99. The number of halogens is 1. The molecule has 0 radical (unpaired) electrons. The zero-order valence-electron chi connectivity index (χ0n) is 17.2. The Morgan fingerprint density at radius 3 is 2.41 bits per heavy atom. The fourth-order valence-electron chi connectivity index (χ4n) is 2.92. The van der Waals surface area contributed by atoms with Gasteiger partial charge in [0.1, 0.15) is 17.6 Å². The molecule has 0 aliphatic rings. The predicted molar refractivity (Wildman–Crippen MR) is 116 cm³/mol. The van der Waals surface area contributed by atoms with Crippen molar-refractivity contribution in [2.75, 3.05) is 6.61 Å². The van der Waals surface area contributed by atoms with Crippen LogP contribution in [0.15, 0.2) is 36.4 Å². The van der Waals surface area contributed by atoms with Gasteiger partial charge in [0.2, 0.25) is 0 Å². The SMILES string of the molecule is CCCCCOc1ccc(C(=O)Oc2ccc(CCCCC)cc2Cl)cc1C#N. The van der Waals surface area contributed by atoms with Crippen LogP contribution >= 0.6 is 11.6 Å². The fraction of sp³-hybridized carbons (Fsp3) is 0.417. The van der Waals surface area contributed by atoms with Crippen molar-refractivity contribution >= 4 is 17.6 Å². The van der Waals surface area contributed by atoms with Crippen LogP contribution in [-0.4, -0.2) is 12.6 Å². The third-order valence-electron chi connectivity index (χ3n) is 4.61. The molecule has 0 spiro atoms. The van der Waals surface area contributed by atoms with Gasteiger partial charge in [0.05, 0.1) is 22.8 Å². The summed E-state index contributed by atoms with van der Waals surface area (Å²) in [5, 5.41) is 9.78. The van der Waals surface area contributed by atoms with Gasteiger partial charge in [0.15, 0.2) is 0 Å². The average molecular weight is 414 g/mol. The Morgan fingerprint density at radius 2 is 1.72 bits per heavy atom. The molecule has 2 aromatic rings. The Hall–Kier alpha value is -2.51. The van der Waals surface area contributed by atoms with E-state index < -0.39 is 5.97 Å². The molecule has 5 heteroatoms. The van der Waals surface area contributed by atoms with Crippen LogP contribution < -0.4 is 9.47 Å². The van der Waals surface area contributed by atoms with E-state index in [0.29, 0.717) is 28.7 Å². The molecular weight excluding hydrogens is 386 g/mol. The smallest absolute Gasteiger partial charge is 0.343 e. The highest BCUT2D eigenvalue weighted by atomic mass is 35.5. The largest absolute Gasteiger partial charge is 0.492 e. The van der Waals surface area contributed by atoms with Gasteiger partial charge in [-0.05, 0) is 55.2 Å². The Kier molecular flexibility index (Phi) is 9.53. The summed E-state index contributed by atoms with van der Waals surface area (Å²) >= 11 is 6.29. The maximum Gasteiger partial charge on any atom is 0.343 e. The van der Waals surface area contributed by atoms with Gasteiger partial charge in [-0.25, -0.2) is 4.79 Å². The van der Waals surface area contributed by atoms with Crippen LogP contribution in [0.4, 0.5) is 0 Å². The van der Waals surface area contributed by atoms with Crippen molar-refractivity contribution in [3.8, 4) is 17.6 Å². The van der Waals surface area contributed by atoms with E-state index in [1.807, 2.05) is 12.1 Å². The quantitative estimate of drug-likeness (QED) is 0.232. The third-order valence-corrected chi connectivity index (χ3v) is 4.90. The number of nitrogens with zero attached hydrogens (tertiary/aromatic N) is 1. The lowest BCUT2D eigenvalue weighted by Crippen LogP contribution is -2.10. The van der Waals surface area contributed by atoms with E-state index >= 15 is 0 Å². The monoisotopic (exact) mass is 413 g/mol. The second-order valence-corrected chi connectivity index (χ2v) is 7.40. The van der Waals surface area contributed by atoms with E-state index in [1.165, 1.54) is 12.5 Å². The number of rotatable bonds is 11. The van der Waals surface area contributed by atoms with Crippen molar-refractivity contribution in [1.82, 2.24) is 0 Å². The molecule has 4 nitrogen and oxygen atoms in total. The number of hydrogen-bond donors (Lipinski definition) is 0. The van der Waals surface area contributed by atoms with Crippen LogP contribution in [0.5, 0.6) is 11.5 Å². The summed E-state index contributed by atoms with van der Waals surface area (Å²) in [5.41, 5.74) is 1.72. The Balaban J connectivity index is 2.04. The highest BCUT2D eigenvalue weighted by Crippen LogP contribution is 2.28. The third kappa shape index (κ3) is 7.11. The van der Waals surface area contributed by atoms with Crippen LogP contribution in [-0.2, 0) is 6.42 Å². The number of carbonyl (C=O) groups excluding carboxylic acids is 1. The van der Waals surface area contributed by atoms with E-state index in [2.05, 4.69) is 19.9 Å². The lowest BCUT2D eigenvalue weighted by Gasteiger charge is -2.10. The number of nitriles is 1. The van der Waals surface area contributed by atoms with Crippen LogP contribution in [0.1, 0.15) is 73.9 Å². The van der Waals surface area contributed by atoms with Crippen molar-refractivity contribution in [1.29, 1.82) is 5.26 Å². The molecule has 0 aromatic heterocycles. The molecule has 0 heterocycles. The molecule has 0 saturated heterocycles. The summed E-state index contributed by atoms with van der Waals surface area (Å²) in [6, 6.07) is 12.3. The van der Waals surface area contributed by atoms with Crippen LogP contribution in [0, 0.1) is 11.3 Å². The zero-order chi connectivity index (χ0) is 21.1. The molecular formula is C24H28ClNO3. The van der Waals surface area contributed by atoms with Gasteiger partial charge in [-0.3, -0.25) is 0 Å². The van der Waals surface area contributed by atoms with E-state index in [9.17, 15) is 10.1 Å². The molecule has 29 heavy (non-hydrogen) atoms. The summed E-state index contributed by atoms with van der Waals surface area (Å²) < 4.78 is 11.1. The van der Waals surface area contributed by atoms with E-state index in [1.54, 1.807) is 18.2 Å². The van der Waals surface area contributed by atoms with Gasteiger partial charge in [0, 0.05) is 0 Å². The van der Waals surface area contributed by atoms with Gasteiger partial charge in [0.25, 0.3) is 0 Å². The van der Waals surface area contributed by atoms with Gasteiger partial charge in [-0.2, -0.15) is 5.26 Å². The van der Waals surface area contributed by atoms with Gasteiger partial charge >= 0.3 is 5.97 Å². The molecule has 2 aromatic carbocycles. The van der Waals surface area contributed by atoms with E-state index in [-0.39, 0.29) is 5.56 Å². The first-order valence-corrected chi connectivity index (χ1v) is 10.6. The van der Waals surface area contributed by atoms with Crippen molar-refractivity contribution in [3.05, 3.63) is 58.1 Å². The topological polar surface area (TPSA) is 59.3 Å². The lowest BCUT2D eigenvalue weighted by atomic mass is 10.1. The van der Waals surface area contributed by atoms with Gasteiger partial charge < -0.3 is 9.47 Å². The number of aryl methyl sites for hydroxylation is 1. The number of unbranched alkanes of at least 4 members (excludes halogenated alkanes) is 4.